The van der Waals surface area contributed by atoms with Crippen molar-refractivity contribution in [2.24, 2.45) is 0 Å². The number of ether oxygens (including phenoxy) is 1. The third kappa shape index (κ3) is 1.85. The number of hydrogen-bond acceptors (Lipinski definition) is 3. The van der Waals surface area contributed by atoms with Gasteiger partial charge >= 0.3 is 0 Å². The van der Waals surface area contributed by atoms with E-state index in [1.807, 2.05) is 12.1 Å². The second kappa shape index (κ2) is 3.61. The first-order valence-electron chi connectivity index (χ1n) is 2.88. The van der Waals surface area contributed by atoms with Crippen LogP contribution in [0, 0.1) is 0 Å². The number of aromatic nitrogens is 1. The fourth-order valence-electron chi connectivity index (χ4n) is 0.603. The summed E-state index contributed by atoms with van der Waals surface area (Å²) in [5.41, 5.74) is 0.759. The molecule has 0 aliphatic rings. The van der Waals surface area contributed by atoms with E-state index in [0.29, 0.717) is 6.47 Å². The molecule has 0 N–H and O–H groups in total. The van der Waals surface area contributed by atoms with E-state index in [2.05, 4.69) is 9.72 Å². The fourth-order valence-corrected chi connectivity index (χ4v) is 0.603. The quantitative estimate of drug-likeness (QED) is 0.577. The van der Waals surface area contributed by atoms with E-state index >= 15 is 0 Å². The Bertz CT molecular complexity index is 198. The predicted molar refractivity (Wildman–Crippen MR) is 35.1 cm³/mol. The molecule has 3 nitrogen and oxygen atoms in total. The topological polar surface area (TPSA) is 39.2 Å². The van der Waals surface area contributed by atoms with E-state index in [-0.39, 0.29) is 6.61 Å². The van der Waals surface area contributed by atoms with Crippen molar-refractivity contribution in [2.45, 2.75) is 6.61 Å². The summed E-state index contributed by atoms with van der Waals surface area (Å²) in [7, 11) is 0. The van der Waals surface area contributed by atoms with Crippen molar-refractivity contribution in [1.29, 1.82) is 0 Å². The van der Waals surface area contributed by atoms with Gasteiger partial charge in [0.25, 0.3) is 6.47 Å². The summed E-state index contributed by atoms with van der Waals surface area (Å²) < 4.78 is 4.48. The summed E-state index contributed by atoms with van der Waals surface area (Å²) in [6.07, 6.45) is 1.66. The van der Waals surface area contributed by atoms with Gasteiger partial charge in [-0.15, -0.1) is 0 Å². The number of carbonyl (C=O) groups excluding carboxylic acids is 1. The van der Waals surface area contributed by atoms with Crippen molar-refractivity contribution in [1.82, 2.24) is 4.98 Å². The number of carbonyl (C=O) groups is 1. The molecule has 1 heterocycles. The Labute approximate surface area is 58.7 Å². The minimum Gasteiger partial charge on any atom is -0.461 e. The highest BCUT2D eigenvalue weighted by Gasteiger charge is 1.88. The molecule has 0 atom stereocenters. The minimum atomic E-state index is 0.254. The van der Waals surface area contributed by atoms with Gasteiger partial charge in [-0.05, 0) is 12.1 Å². The van der Waals surface area contributed by atoms with Crippen LogP contribution in [0.25, 0.3) is 0 Å². The molecule has 0 bridgehead atoms. The average Bonchev–Trinajstić information content (AvgIpc) is 2.03. The summed E-state index contributed by atoms with van der Waals surface area (Å²) in [6.45, 7) is 0.666. The molecule has 1 rings (SSSR count). The van der Waals surface area contributed by atoms with Crippen LogP contribution in [0.5, 0.6) is 0 Å². The molecule has 10 heavy (non-hydrogen) atoms. The number of nitrogens with zero attached hydrogens (tertiary/aromatic N) is 1. The minimum absolute atomic E-state index is 0.254. The summed E-state index contributed by atoms with van der Waals surface area (Å²) >= 11 is 0. The lowest BCUT2D eigenvalue weighted by Gasteiger charge is -1.94. The van der Waals surface area contributed by atoms with Crippen LogP contribution in [0.4, 0.5) is 0 Å². The Morgan fingerprint density at radius 3 is 3.10 bits per heavy atom. The molecule has 3 heteroatoms. The average molecular weight is 137 g/mol. The molecule has 0 aliphatic heterocycles. The Balaban J connectivity index is 2.50. The molecule has 0 spiro atoms. The molecule has 0 radical (unpaired) electrons. The van der Waals surface area contributed by atoms with Crippen molar-refractivity contribution in [3.63, 3.8) is 0 Å². The molecule has 0 saturated heterocycles. The largest absolute Gasteiger partial charge is 0.461 e. The molecule has 1 aromatic rings. The smallest absolute Gasteiger partial charge is 0.293 e. The molecule has 0 fully saturated rings. The van der Waals surface area contributed by atoms with E-state index in [1.165, 1.54) is 0 Å². The van der Waals surface area contributed by atoms with Crippen LogP contribution < -0.4 is 0 Å². The van der Waals surface area contributed by atoms with E-state index < -0.39 is 0 Å². The molecule has 0 aromatic carbocycles. The lowest BCUT2D eigenvalue weighted by Crippen LogP contribution is -1.91. The van der Waals surface area contributed by atoms with E-state index in [1.54, 1.807) is 12.3 Å². The lowest BCUT2D eigenvalue weighted by atomic mass is 10.4. The molecule has 0 amide bonds. The Morgan fingerprint density at radius 1 is 1.60 bits per heavy atom. The fraction of sp³-hybridized carbons (Fsp3) is 0.143. The van der Waals surface area contributed by atoms with Gasteiger partial charge in [0.2, 0.25) is 0 Å². The standard InChI is InChI=1S/C7H7NO2/c9-6-10-5-7-3-1-2-4-8-7/h1-4,6H,5H2. The van der Waals surface area contributed by atoms with Crippen molar-refractivity contribution >= 4 is 6.47 Å². The van der Waals surface area contributed by atoms with Crippen LogP contribution in [0.2, 0.25) is 0 Å². The Hall–Kier alpha value is -1.38. The normalized spacial score (nSPS) is 8.80. The maximum atomic E-state index is 9.73. The van der Waals surface area contributed by atoms with Crippen LogP contribution in [0.1, 0.15) is 5.69 Å². The zero-order valence-electron chi connectivity index (χ0n) is 5.36. The van der Waals surface area contributed by atoms with Gasteiger partial charge in [-0.3, -0.25) is 9.78 Å². The van der Waals surface area contributed by atoms with Gasteiger partial charge in [0.05, 0.1) is 5.69 Å². The number of rotatable bonds is 3. The third-order valence-corrected chi connectivity index (χ3v) is 1.03. The predicted octanol–water partition coefficient (Wildman–Crippen LogP) is 0.755. The summed E-state index contributed by atoms with van der Waals surface area (Å²) in [4.78, 5) is 13.7. The SMILES string of the molecule is O=COCc1ccccn1. The molecule has 0 saturated carbocycles. The third-order valence-electron chi connectivity index (χ3n) is 1.03. The highest BCUT2D eigenvalue weighted by molar-refractivity contribution is 5.37. The molecule has 0 aliphatic carbocycles. The van der Waals surface area contributed by atoms with Crippen LogP contribution >= 0.6 is 0 Å². The summed E-state index contributed by atoms with van der Waals surface area (Å²) in [6, 6.07) is 5.45. The summed E-state index contributed by atoms with van der Waals surface area (Å²) in [5.74, 6) is 0. The second-order valence-corrected chi connectivity index (χ2v) is 1.73. The maximum absolute atomic E-state index is 9.73. The Morgan fingerprint density at radius 2 is 2.50 bits per heavy atom. The highest BCUT2D eigenvalue weighted by atomic mass is 16.5. The van der Waals surface area contributed by atoms with Gasteiger partial charge in [-0.25, -0.2) is 0 Å². The van der Waals surface area contributed by atoms with Gasteiger partial charge in [-0.2, -0.15) is 0 Å². The van der Waals surface area contributed by atoms with E-state index in [4.69, 9.17) is 0 Å². The van der Waals surface area contributed by atoms with Crippen LogP contribution in [0.15, 0.2) is 24.4 Å². The monoisotopic (exact) mass is 137 g/mol. The molecule has 0 unspecified atom stereocenters. The second-order valence-electron chi connectivity index (χ2n) is 1.73. The zero-order chi connectivity index (χ0) is 7.23. The molecular weight excluding hydrogens is 130 g/mol. The molecule has 1 aromatic heterocycles. The first-order chi connectivity index (χ1) is 4.93. The van der Waals surface area contributed by atoms with Crippen molar-refractivity contribution < 1.29 is 9.53 Å². The van der Waals surface area contributed by atoms with Gasteiger partial charge in [-0.1, -0.05) is 6.07 Å². The van der Waals surface area contributed by atoms with Gasteiger partial charge in [0, 0.05) is 6.20 Å². The number of pyridine rings is 1. The van der Waals surface area contributed by atoms with Crippen LogP contribution in [0.3, 0.4) is 0 Å². The Kier molecular flexibility index (Phi) is 2.43. The highest BCUT2D eigenvalue weighted by Crippen LogP contribution is 1.93. The van der Waals surface area contributed by atoms with Crippen LogP contribution in [-0.4, -0.2) is 11.5 Å². The lowest BCUT2D eigenvalue weighted by molar-refractivity contribution is -0.129. The first kappa shape index (κ1) is 6.74. The van der Waals surface area contributed by atoms with Crippen molar-refractivity contribution in [3.8, 4) is 0 Å². The van der Waals surface area contributed by atoms with Crippen molar-refractivity contribution in [3.05, 3.63) is 30.1 Å². The van der Waals surface area contributed by atoms with E-state index in [9.17, 15) is 4.79 Å². The number of hydrogen-bond donors (Lipinski definition) is 0. The molecule has 52 valence electrons. The molecular formula is C7H7NO2. The van der Waals surface area contributed by atoms with Gasteiger partial charge in [0.15, 0.2) is 0 Å². The zero-order valence-corrected chi connectivity index (χ0v) is 5.36. The van der Waals surface area contributed by atoms with Crippen molar-refractivity contribution in [2.75, 3.05) is 0 Å². The first-order valence-corrected chi connectivity index (χ1v) is 2.88. The van der Waals surface area contributed by atoms with Crippen LogP contribution in [-0.2, 0) is 16.1 Å². The maximum Gasteiger partial charge on any atom is 0.293 e. The summed E-state index contributed by atoms with van der Waals surface area (Å²) in [5, 5.41) is 0. The van der Waals surface area contributed by atoms with Gasteiger partial charge < -0.3 is 4.74 Å². The van der Waals surface area contributed by atoms with E-state index in [0.717, 1.165) is 5.69 Å². The van der Waals surface area contributed by atoms with Gasteiger partial charge in [0.1, 0.15) is 6.61 Å².